The first-order valence-corrected chi connectivity index (χ1v) is 6.19. The Morgan fingerprint density at radius 2 is 1.94 bits per heavy atom. The highest BCUT2D eigenvalue weighted by Crippen LogP contribution is 2.21. The monoisotopic (exact) mass is 236 g/mol. The summed E-state index contributed by atoms with van der Waals surface area (Å²) in [5, 5.41) is 12.8. The largest absolute Gasteiger partial charge is 0.391 e. The van der Waals surface area contributed by atoms with Gasteiger partial charge in [-0.15, -0.1) is 0 Å². The predicted molar refractivity (Wildman–Crippen MR) is 72.3 cm³/mol. The van der Waals surface area contributed by atoms with Gasteiger partial charge < -0.3 is 10.4 Å². The molecular formula is C14H24N2O. The molecule has 0 saturated carbocycles. The van der Waals surface area contributed by atoms with Crippen LogP contribution in [0, 0.1) is 5.92 Å². The summed E-state index contributed by atoms with van der Waals surface area (Å²) in [7, 11) is 0. The smallest absolute Gasteiger partial charge is 0.125 e. The molecule has 3 nitrogen and oxygen atoms in total. The topological polar surface area (TPSA) is 45.1 Å². The minimum Gasteiger partial charge on any atom is -0.391 e. The number of aromatic nitrogens is 1. The van der Waals surface area contributed by atoms with Gasteiger partial charge in [0.05, 0.1) is 6.10 Å². The van der Waals surface area contributed by atoms with Gasteiger partial charge in [-0.05, 0) is 23.0 Å². The summed E-state index contributed by atoms with van der Waals surface area (Å²) >= 11 is 0. The normalized spacial score (nSPS) is 13.8. The number of rotatable bonds is 4. The summed E-state index contributed by atoms with van der Waals surface area (Å²) in [6.45, 7) is 11.0. The van der Waals surface area contributed by atoms with Crippen molar-refractivity contribution in [2.24, 2.45) is 5.92 Å². The quantitative estimate of drug-likeness (QED) is 0.845. The Bertz CT molecular complexity index is 338. The molecule has 0 aliphatic carbocycles. The van der Waals surface area contributed by atoms with E-state index in [9.17, 15) is 5.11 Å². The maximum atomic E-state index is 9.68. The van der Waals surface area contributed by atoms with E-state index < -0.39 is 0 Å². The first kappa shape index (κ1) is 14.0. The zero-order valence-corrected chi connectivity index (χ0v) is 11.5. The van der Waals surface area contributed by atoms with Gasteiger partial charge >= 0.3 is 0 Å². The lowest BCUT2D eigenvalue weighted by Gasteiger charge is -2.19. The Balaban J connectivity index is 2.57. The van der Waals surface area contributed by atoms with Crippen molar-refractivity contribution in [3.63, 3.8) is 0 Å². The van der Waals surface area contributed by atoms with Crippen LogP contribution in [0.4, 0.5) is 5.82 Å². The SMILES string of the molecule is CC(C)C(O)CNc1ccc(C(C)(C)C)cn1. The van der Waals surface area contributed by atoms with Crippen LogP contribution < -0.4 is 5.32 Å². The van der Waals surface area contributed by atoms with E-state index in [-0.39, 0.29) is 17.4 Å². The van der Waals surface area contributed by atoms with E-state index in [4.69, 9.17) is 0 Å². The third-order valence-corrected chi connectivity index (χ3v) is 2.89. The Kier molecular flexibility index (Phi) is 4.52. The molecule has 1 atom stereocenters. The molecule has 0 fully saturated rings. The fourth-order valence-corrected chi connectivity index (χ4v) is 1.39. The van der Waals surface area contributed by atoms with Crippen molar-refractivity contribution >= 4 is 5.82 Å². The Hall–Kier alpha value is -1.09. The van der Waals surface area contributed by atoms with Gasteiger partial charge in [-0.2, -0.15) is 0 Å². The number of pyridine rings is 1. The first-order chi connectivity index (χ1) is 7.80. The maximum Gasteiger partial charge on any atom is 0.125 e. The lowest BCUT2D eigenvalue weighted by Crippen LogP contribution is -2.25. The van der Waals surface area contributed by atoms with Gasteiger partial charge in [0.25, 0.3) is 0 Å². The number of nitrogens with zero attached hydrogens (tertiary/aromatic N) is 1. The zero-order chi connectivity index (χ0) is 13.1. The lowest BCUT2D eigenvalue weighted by molar-refractivity contribution is 0.138. The van der Waals surface area contributed by atoms with Crippen LogP contribution in [0.3, 0.4) is 0 Å². The van der Waals surface area contributed by atoms with E-state index in [2.05, 4.69) is 37.1 Å². The number of aliphatic hydroxyl groups is 1. The number of aliphatic hydroxyl groups excluding tert-OH is 1. The van der Waals surface area contributed by atoms with Crippen molar-refractivity contribution in [2.75, 3.05) is 11.9 Å². The minimum atomic E-state index is -0.334. The average molecular weight is 236 g/mol. The maximum absolute atomic E-state index is 9.68. The van der Waals surface area contributed by atoms with Crippen molar-refractivity contribution in [3.05, 3.63) is 23.9 Å². The molecule has 0 spiro atoms. The van der Waals surface area contributed by atoms with E-state index in [0.29, 0.717) is 6.54 Å². The summed E-state index contributed by atoms with van der Waals surface area (Å²) in [5.74, 6) is 1.08. The second-order valence-electron chi connectivity index (χ2n) is 5.87. The zero-order valence-electron chi connectivity index (χ0n) is 11.5. The van der Waals surface area contributed by atoms with E-state index >= 15 is 0 Å². The number of nitrogens with one attached hydrogen (secondary N) is 1. The second kappa shape index (κ2) is 5.50. The highest BCUT2D eigenvalue weighted by molar-refractivity contribution is 5.37. The van der Waals surface area contributed by atoms with Gasteiger partial charge in [0.1, 0.15) is 5.82 Å². The van der Waals surface area contributed by atoms with Crippen LogP contribution in [0.1, 0.15) is 40.2 Å². The van der Waals surface area contributed by atoms with Crippen LogP contribution in [0.25, 0.3) is 0 Å². The molecule has 17 heavy (non-hydrogen) atoms. The molecule has 1 heterocycles. The Morgan fingerprint density at radius 3 is 2.35 bits per heavy atom. The van der Waals surface area contributed by atoms with Crippen molar-refractivity contribution in [2.45, 2.75) is 46.1 Å². The van der Waals surface area contributed by atoms with Gasteiger partial charge in [0.2, 0.25) is 0 Å². The van der Waals surface area contributed by atoms with Crippen LogP contribution >= 0.6 is 0 Å². The van der Waals surface area contributed by atoms with E-state index in [1.807, 2.05) is 26.1 Å². The molecule has 0 saturated heterocycles. The summed E-state index contributed by atoms with van der Waals surface area (Å²) in [6.07, 6.45) is 1.56. The fourth-order valence-electron chi connectivity index (χ4n) is 1.39. The number of hydrogen-bond acceptors (Lipinski definition) is 3. The van der Waals surface area contributed by atoms with Crippen molar-refractivity contribution in [3.8, 4) is 0 Å². The molecular weight excluding hydrogens is 212 g/mol. The molecule has 1 rings (SSSR count). The van der Waals surface area contributed by atoms with Gasteiger partial charge in [-0.1, -0.05) is 40.7 Å². The van der Waals surface area contributed by atoms with Crippen LogP contribution in [0.15, 0.2) is 18.3 Å². The van der Waals surface area contributed by atoms with Crippen molar-refractivity contribution in [1.82, 2.24) is 4.98 Å². The first-order valence-electron chi connectivity index (χ1n) is 6.19. The third kappa shape index (κ3) is 4.35. The minimum absolute atomic E-state index is 0.128. The molecule has 0 aliphatic heterocycles. The molecule has 2 N–H and O–H groups in total. The average Bonchev–Trinajstić information content (AvgIpc) is 2.25. The van der Waals surface area contributed by atoms with E-state index in [0.717, 1.165) is 5.82 Å². The molecule has 1 aromatic heterocycles. The highest BCUT2D eigenvalue weighted by atomic mass is 16.3. The van der Waals surface area contributed by atoms with Crippen molar-refractivity contribution < 1.29 is 5.11 Å². The molecule has 0 aliphatic rings. The molecule has 3 heteroatoms. The predicted octanol–water partition coefficient (Wildman–Crippen LogP) is 2.81. The molecule has 96 valence electrons. The molecule has 0 amide bonds. The van der Waals surface area contributed by atoms with Crippen LogP contribution in [-0.4, -0.2) is 22.7 Å². The second-order valence-corrected chi connectivity index (χ2v) is 5.87. The molecule has 1 unspecified atom stereocenters. The number of anilines is 1. The number of hydrogen-bond donors (Lipinski definition) is 2. The fraction of sp³-hybridized carbons (Fsp3) is 0.643. The molecule has 0 aromatic carbocycles. The van der Waals surface area contributed by atoms with Gasteiger partial charge in [-0.25, -0.2) is 4.98 Å². The highest BCUT2D eigenvalue weighted by Gasteiger charge is 2.14. The summed E-state index contributed by atoms with van der Waals surface area (Å²) < 4.78 is 0. The molecule has 0 radical (unpaired) electrons. The van der Waals surface area contributed by atoms with Gasteiger partial charge in [0, 0.05) is 12.7 Å². The Labute approximate surface area is 104 Å². The van der Waals surface area contributed by atoms with Gasteiger partial charge in [-0.3, -0.25) is 0 Å². The standard InChI is InChI=1S/C14H24N2O/c1-10(2)12(17)9-16-13-7-6-11(8-15-13)14(3,4)5/h6-8,10,12,17H,9H2,1-5H3,(H,15,16). The lowest BCUT2D eigenvalue weighted by atomic mass is 9.88. The van der Waals surface area contributed by atoms with Crippen molar-refractivity contribution in [1.29, 1.82) is 0 Å². The molecule has 1 aromatic rings. The van der Waals surface area contributed by atoms with E-state index in [1.54, 1.807) is 0 Å². The Morgan fingerprint density at radius 1 is 1.29 bits per heavy atom. The summed E-state index contributed by atoms with van der Waals surface area (Å²) in [4.78, 5) is 4.35. The summed E-state index contributed by atoms with van der Waals surface area (Å²) in [6, 6.07) is 4.05. The van der Waals surface area contributed by atoms with E-state index in [1.165, 1.54) is 5.56 Å². The van der Waals surface area contributed by atoms with Crippen LogP contribution in [0.5, 0.6) is 0 Å². The van der Waals surface area contributed by atoms with Gasteiger partial charge in [0.15, 0.2) is 0 Å². The third-order valence-electron chi connectivity index (χ3n) is 2.89. The molecule has 0 bridgehead atoms. The summed E-state index contributed by atoms with van der Waals surface area (Å²) in [5.41, 5.74) is 1.34. The van der Waals surface area contributed by atoms with Crippen LogP contribution in [0.2, 0.25) is 0 Å². The van der Waals surface area contributed by atoms with Crippen LogP contribution in [-0.2, 0) is 5.41 Å².